The number of carbonyl (C=O) groups excluding carboxylic acids is 1. The number of aromatic nitrogens is 1. The molecule has 0 saturated carbocycles. The molecule has 0 atom stereocenters. The number of hydrogen-bond donors (Lipinski definition) is 0. The maximum atomic E-state index is 13.7. The molecular weight excluding hydrogens is 410 g/mol. The molecule has 0 unspecified atom stereocenters. The summed E-state index contributed by atoms with van der Waals surface area (Å²) >= 11 is 0. The first-order chi connectivity index (χ1) is 14.6. The number of fused-ring (bicyclic) bond motifs is 3. The smallest absolute Gasteiger partial charge is 0.337 e. The van der Waals surface area contributed by atoms with Crippen molar-refractivity contribution in [3.63, 3.8) is 0 Å². The van der Waals surface area contributed by atoms with Gasteiger partial charge in [-0.2, -0.15) is 0 Å². The number of aryl methyl sites for hydroxylation is 1. The largest absolute Gasteiger partial charge is 0.465 e. The summed E-state index contributed by atoms with van der Waals surface area (Å²) in [7, 11) is -2.53. The predicted octanol–water partition coefficient (Wildman–Crippen LogP) is 5.43. The van der Waals surface area contributed by atoms with Crippen LogP contribution in [0.25, 0.3) is 23.1 Å². The van der Waals surface area contributed by atoms with E-state index < -0.39 is 16.0 Å². The molecule has 0 fully saturated rings. The Morgan fingerprint density at radius 2 is 1.77 bits per heavy atom. The van der Waals surface area contributed by atoms with E-state index in [2.05, 4.69) is 19.9 Å². The van der Waals surface area contributed by atoms with Gasteiger partial charge in [0.25, 0.3) is 10.0 Å². The molecule has 1 aliphatic carbocycles. The van der Waals surface area contributed by atoms with Gasteiger partial charge in [-0.25, -0.2) is 17.2 Å². The van der Waals surface area contributed by atoms with Gasteiger partial charge in [0.05, 0.1) is 28.8 Å². The van der Waals surface area contributed by atoms with Crippen molar-refractivity contribution < 1.29 is 17.9 Å². The average molecular weight is 436 g/mol. The number of hydrogen-bond acceptors (Lipinski definition) is 4. The number of methoxy groups -OCH3 is 1. The fourth-order valence-electron chi connectivity index (χ4n) is 3.81. The molecule has 0 bridgehead atoms. The lowest BCUT2D eigenvalue weighted by molar-refractivity contribution is 0.0601. The van der Waals surface area contributed by atoms with E-state index in [1.54, 1.807) is 42.5 Å². The number of nitrogens with zero attached hydrogens (tertiary/aromatic N) is 1. The Hall–Kier alpha value is -3.12. The SMILES string of the molecule is COC(=O)c1ccc2c(c1)c1c(n2S(=O)(=O)c2ccc(C)cc2)/C=C\CC(C)(C)/C=C\1. The first kappa shape index (κ1) is 21.1. The van der Waals surface area contributed by atoms with Crippen molar-refractivity contribution in [1.29, 1.82) is 0 Å². The van der Waals surface area contributed by atoms with E-state index in [0.717, 1.165) is 17.5 Å². The Morgan fingerprint density at radius 3 is 2.45 bits per heavy atom. The van der Waals surface area contributed by atoms with Crippen LogP contribution in [0.5, 0.6) is 0 Å². The number of ether oxygens (including phenoxy) is 1. The summed E-state index contributed by atoms with van der Waals surface area (Å²) in [4.78, 5) is 12.3. The van der Waals surface area contributed by atoms with Crippen LogP contribution in [0.1, 0.15) is 47.4 Å². The maximum absolute atomic E-state index is 13.7. The molecule has 0 amide bonds. The molecule has 0 radical (unpaired) electrons. The molecule has 31 heavy (non-hydrogen) atoms. The van der Waals surface area contributed by atoms with Crippen molar-refractivity contribution >= 4 is 39.0 Å². The Kier molecular flexibility index (Phi) is 5.13. The molecule has 3 aromatic rings. The van der Waals surface area contributed by atoms with Crippen LogP contribution < -0.4 is 0 Å². The number of carbonyl (C=O) groups is 1. The highest BCUT2D eigenvalue weighted by molar-refractivity contribution is 7.90. The monoisotopic (exact) mass is 435 g/mol. The number of allylic oxidation sites excluding steroid dienone is 2. The lowest BCUT2D eigenvalue weighted by Gasteiger charge is -2.19. The van der Waals surface area contributed by atoms with E-state index in [1.165, 1.54) is 11.1 Å². The second kappa shape index (κ2) is 7.54. The van der Waals surface area contributed by atoms with Crippen LogP contribution in [0.4, 0.5) is 0 Å². The summed E-state index contributed by atoms with van der Waals surface area (Å²) in [5.41, 5.74) is 3.15. The van der Waals surface area contributed by atoms with Crippen LogP contribution in [0, 0.1) is 12.3 Å². The van der Waals surface area contributed by atoms with Gasteiger partial charge in [0, 0.05) is 10.9 Å². The van der Waals surface area contributed by atoms with Crippen LogP contribution in [0.2, 0.25) is 0 Å². The second-order valence-corrected chi connectivity index (χ2v) is 10.3. The van der Waals surface area contributed by atoms with Crippen molar-refractivity contribution in [2.24, 2.45) is 5.41 Å². The minimum Gasteiger partial charge on any atom is -0.465 e. The van der Waals surface area contributed by atoms with Gasteiger partial charge in [0.15, 0.2) is 0 Å². The highest BCUT2D eigenvalue weighted by atomic mass is 32.2. The van der Waals surface area contributed by atoms with Crippen molar-refractivity contribution in [2.75, 3.05) is 7.11 Å². The maximum Gasteiger partial charge on any atom is 0.337 e. The quantitative estimate of drug-likeness (QED) is 0.515. The van der Waals surface area contributed by atoms with Gasteiger partial charge >= 0.3 is 5.97 Å². The minimum atomic E-state index is -3.86. The fourth-order valence-corrected chi connectivity index (χ4v) is 5.34. The van der Waals surface area contributed by atoms with Crippen LogP contribution >= 0.6 is 0 Å². The third-order valence-corrected chi connectivity index (χ3v) is 7.34. The molecular formula is C25H25NO4S. The summed E-state index contributed by atoms with van der Waals surface area (Å²) in [6.45, 7) is 6.17. The molecule has 4 rings (SSSR count). The van der Waals surface area contributed by atoms with Gasteiger partial charge < -0.3 is 4.74 Å². The normalized spacial score (nSPS) is 17.4. The summed E-state index contributed by atoms with van der Waals surface area (Å²) in [5, 5.41) is 0.687. The van der Waals surface area contributed by atoms with Crippen LogP contribution in [0.3, 0.4) is 0 Å². The highest BCUT2D eigenvalue weighted by Gasteiger charge is 2.27. The van der Waals surface area contributed by atoms with E-state index in [-0.39, 0.29) is 10.3 Å². The number of benzene rings is 2. The Balaban J connectivity index is 2.07. The van der Waals surface area contributed by atoms with Gasteiger partial charge in [-0.3, -0.25) is 0 Å². The molecule has 1 heterocycles. The molecule has 5 nitrogen and oxygen atoms in total. The summed E-state index contributed by atoms with van der Waals surface area (Å²) in [6, 6.07) is 11.8. The van der Waals surface area contributed by atoms with Crippen LogP contribution in [-0.4, -0.2) is 25.5 Å². The zero-order chi connectivity index (χ0) is 22.4. The van der Waals surface area contributed by atoms with Gasteiger partial charge in [0.2, 0.25) is 0 Å². The molecule has 0 aliphatic heterocycles. The van der Waals surface area contributed by atoms with E-state index >= 15 is 0 Å². The molecule has 160 valence electrons. The second-order valence-electron chi connectivity index (χ2n) is 8.53. The lowest BCUT2D eigenvalue weighted by atomic mass is 9.86. The minimum absolute atomic E-state index is 0.0710. The molecule has 6 heteroatoms. The molecule has 1 aromatic heterocycles. The fraction of sp³-hybridized carbons (Fsp3) is 0.240. The van der Waals surface area contributed by atoms with Crippen molar-refractivity contribution in [3.05, 3.63) is 77.0 Å². The zero-order valence-electron chi connectivity index (χ0n) is 18.0. The van der Waals surface area contributed by atoms with Crippen LogP contribution in [-0.2, 0) is 14.8 Å². The third-order valence-electron chi connectivity index (χ3n) is 5.60. The predicted molar refractivity (Wildman–Crippen MR) is 124 cm³/mol. The molecule has 1 aliphatic rings. The summed E-state index contributed by atoms with van der Waals surface area (Å²) in [6.07, 6.45) is 8.70. The lowest BCUT2D eigenvalue weighted by Crippen LogP contribution is -2.15. The topological polar surface area (TPSA) is 65.4 Å². The Labute approximate surface area is 182 Å². The molecule has 0 N–H and O–H groups in total. The van der Waals surface area contributed by atoms with Crippen molar-refractivity contribution in [2.45, 2.75) is 32.1 Å². The molecule has 0 spiro atoms. The van der Waals surface area contributed by atoms with Gasteiger partial charge in [-0.05, 0) is 55.2 Å². The first-order valence-electron chi connectivity index (χ1n) is 10.1. The Bertz CT molecular complexity index is 1340. The Morgan fingerprint density at radius 1 is 1.06 bits per heavy atom. The standard InChI is InChI=1S/C25H25NO4S/c1-17-7-10-19(11-8-17)31(28,29)26-22-6-5-14-25(2,3)15-13-20(22)21-16-18(24(27)30-4)9-12-23(21)26/h5-13,15-16H,14H2,1-4H3/b6-5-,15-13-. The molecule has 0 saturated heterocycles. The van der Waals surface area contributed by atoms with Crippen LogP contribution in [0.15, 0.2) is 59.5 Å². The first-order valence-corrected chi connectivity index (χ1v) is 11.5. The zero-order valence-corrected chi connectivity index (χ0v) is 18.9. The summed E-state index contributed by atoms with van der Waals surface area (Å²) < 4.78 is 33.7. The third kappa shape index (κ3) is 3.72. The van der Waals surface area contributed by atoms with Crippen molar-refractivity contribution in [3.8, 4) is 0 Å². The van der Waals surface area contributed by atoms with E-state index in [0.29, 0.717) is 22.2 Å². The highest BCUT2D eigenvalue weighted by Crippen LogP contribution is 2.36. The van der Waals surface area contributed by atoms with Gasteiger partial charge in [-0.15, -0.1) is 0 Å². The van der Waals surface area contributed by atoms with E-state index in [4.69, 9.17) is 4.74 Å². The average Bonchev–Trinajstić information content (AvgIpc) is 3.03. The number of rotatable bonds is 3. The van der Waals surface area contributed by atoms with Crippen molar-refractivity contribution in [1.82, 2.24) is 3.97 Å². The van der Waals surface area contributed by atoms with E-state index in [1.807, 2.05) is 25.2 Å². The molecule has 2 aromatic carbocycles. The van der Waals surface area contributed by atoms with E-state index in [9.17, 15) is 13.2 Å². The number of esters is 1. The summed E-state index contributed by atoms with van der Waals surface area (Å²) in [5.74, 6) is -0.463. The van der Waals surface area contributed by atoms with Gasteiger partial charge in [-0.1, -0.05) is 49.8 Å². The van der Waals surface area contributed by atoms with Gasteiger partial charge in [0.1, 0.15) is 0 Å².